The molecule has 0 aliphatic carbocycles. The van der Waals surface area contributed by atoms with Crippen molar-refractivity contribution in [2.24, 2.45) is 0 Å². The molecule has 0 bridgehead atoms. The van der Waals surface area contributed by atoms with E-state index in [9.17, 15) is 0 Å². The normalized spacial score (nSPS) is 33.0. The van der Waals surface area contributed by atoms with Crippen molar-refractivity contribution in [2.45, 2.75) is 64.3 Å². The molecular formula is C13H28N2O. The first-order chi connectivity index (χ1) is 7.52. The van der Waals surface area contributed by atoms with E-state index in [1.54, 1.807) is 0 Å². The fourth-order valence-corrected chi connectivity index (χ4v) is 2.57. The summed E-state index contributed by atoms with van der Waals surface area (Å²) in [6.07, 6.45) is 4.30. The standard InChI is InChI=1S/C13H28N2O/c1-6-13(15(4)5)9-14-12-7-10(2)16-11(3)8-12/h10-14H,6-9H2,1-5H3. The van der Waals surface area contributed by atoms with Crippen molar-refractivity contribution in [2.75, 3.05) is 20.6 Å². The van der Waals surface area contributed by atoms with Crippen molar-refractivity contribution < 1.29 is 4.74 Å². The molecule has 16 heavy (non-hydrogen) atoms. The molecule has 3 nitrogen and oxygen atoms in total. The Morgan fingerprint density at radius 2 is 1.81 bits per heavy atom. The molecule has 1 saturated heterocycles. The monoisotopic (exact) mass is 228 g/mol. The third-order valence-electron chi connectivity index (χ3n) is 3.54. The summed E-state index contributed by atoms with van der Waals surface area (Å²) in [4.78, 5) is 2.30. The molecule has 0 aromatic carbocycles. The molecule has 0 saturated carbocycles. The van der Waals surface area contributed by atoms with Crippen LogP contribution in [0.25, 0.3) is 0 Å². The average molecular weight is 228 g/mol. The van der Waals surface area contributed by atoms with Crippen molar-refractivity contribution in [3.63, 3.8) is 0 Å². The van der Waals surface area contributed by atoms with Crippen LogP contribution in [0.4, 0.5) is 0 Å². The van der Waals surface area contributed by atoms with E-state index in [2.05, 4.69) is 45.1 Å². The van der Waals surface area contributed by atoms with Gasteiger partial charge in [-0.15, -0.1) is 0 Å². The van der Waals surface area contributed by atoms with Crippen LogP contribution in [0.2, 0.25) is 0 Å². The minimum atomic E-state index is 0.403. The second-order valence-corrected chi connectivity index (χ2v) is 5.36. The maximum Gasteiger partial charge on any atom is 0.0565 e. The van der Waals surface area contributed by atoms with Gasteiger partial charge in [0.25, 0.3) is 0 Å². The molecule has 0 aromatic heterocycles. The summed E-state index contributed by atoms with van der Waals surface area (Å²) in [5.74, 6) is 0. The van der Waals surface area contributed by atoms with Gasteiger partial charge in [0.2, 0.25) is 0 Å². The lowest BCUT2D eigenvalue weighted by Crippen LogP contribution is -2.46. The third-order valence-corrected chi connectivity index (χ3v) is 3.54. The average Bonchev–Trinajstić information content (AvgIpc) is 2.16. The lowest BCUT2D eigenvalue weighted by Gasteiger charge is -2.34. The molecule has 1 heterocycles. The van der Waals surface area contributed by atoms with E-state index in [4.69, 9.17) is 4.74 Å². The van der Waals surface area contributed by atoms with Crippen LogP contribution >= 0.6 is 0 Å². The molecule has 3 unspecified atom stereocenters. The van der Waals surface area contributed by atoms with Crippen LogP contribution in [0.5, 0.6) is 0 Å². The number of likely N-dealkylation sites (N-methyl/N-ethyl adjacent to an activating group) is 1. The van der Waals surface area contributed by atoms with E-state index in [1.807, 2.05) is 0 Å². The molecule has 1 fully saturated rings. The van der Waals surface area contributed by atoms with Crippen LogP contribution < -0.4 is 5.32 Å². The van der Waals surface area contributed by atoms with Crippen molar-refractivity contribution in [3.05, 3.63) is 0 Å². The van der Waals surface area contributed by atoms with Crippen molar-refractivity contribution >= 4 is 0 Å². The van der Waals surface area contributed by atoms with Gasteiger partial charge in [-0.1, -0.05) is 6.92 Å². The summed E-state index contributed by atoms with van der Waals surface area (Å²) in [5, 5.41) is 3.69. The van der Waals surface area contributed by atoms with Crippen molar-refractivity contribution in [1.82, 2.24) is 10.2 Å². The summed E-state index contributed by atoms with van der Waals surface area (Å²) in [7, 11) is 4.32. The van der Waals surface area contributed by atoms with Crippen LogP contribution in [-0.2, 0) is 4.74 Å². The molecule has 0 aromatic rings. The van der Waals surface area contributed by atoms with Crippen LogP contribution in [0, 0.1) is 0 Å². The first kappa shape index (κ1) is 13.9. The zero-order valence-corrected chi connectivity index (χ0v) is 11.5. The molecular weight excluding hydrogens is 200 g/mol. The first-order valence-corrected chi connectivity index (χ1v) is 6.58. The van der Waals surface area contributed by atoms with Gasteiger partial charge in [-0.25, -0.2) is 0 Å². The number of hydrogen-bond acceptors (Lipinski definition) is 3. The predicted molar refractivity (Wildman–Crippen MR) is 68.8 cm³/mol. The van der Waals surface area contributed by atoms with E-state index in [1.165, 1.54) is 6.42 Å². The second-order valence-electron chi connectivity index (χ2n) is 5.36. The minimum Gasteiger partial charge on any atom is -0.375 e. The Morgan fingerprint density at radius 1 is 1.25 bits per heavy atom. The molecule has 1 rings (SSSR count). The van der Waals surface area contributed by atoms with Crippen LogP contribution in [0.3, 0.4) is 0 Å². The van der Waals surface area contributed by atoms with Gasteiger partial charge in [0.1, 0.15) is 0 Å². The molecule has 1 aliphatic rings. The Kier molecular flexibility index (Phi) is 5.73. The van der Waals surface area contributed by atoms with Gasteiger partial charge in [-0.3, -0.25) is 0 Å². The van der Waals surface area contributed by atoms with Crippen molar-refractivity contribution in [3.8, 4) is 0 Å². The number of hydrogen-bond donors (Lipinski definition) is 1. The van der Waals surface area contributed by atoms with Crippen LogP contribution in [-0.4, -0.2) is 49.8 Å². The summed E-state index contributed by atoms with van der Waals surface area (Å²) in [6, 6.07) is 1.28. The lowest BCUT2D eigenvalue weighted by atomic mass is 9.99. The quantitative estimate of drug-likeness (QED) is 0.777. The summed E-state index contributed by atoms with van der Waals surface area (Å²) >= 11 is 0. The number of rotatable bonds is 5. The highest BCUT2D eigenvalue weighted by molar-refractivity contribution is 4.80. The third kappa shape index (κ3) is 4.40. The number of ether oxygens (including phenoxy) is 1. The largest absolute Gasteiger partial charge is 0.375 e. The summed E-state index contributed by atoms with van der Waals surface area (Å²) in [6.45, 7) is 7.69. The SMILES string of the molecule is CCC(CNC1CC(C)OC(C)C1)N(C)C. The molecule has 3 atom stereocenters. The highest BCUT2D eigenvalue weighted by atomic mass is 16.5. The Bertz CT molecular complexity index is 186. The Hall–Kier alpha value is -0.120. The lowest BCUT2D eigenvalue weighted by molar-refractivity contribution is -0.0426. The number of nitrogens with zero attached hydrogens (tertiary/aromatic N) is 1. The molecule has 0 radical (unpaired) electrons. The predicted octanol–water partition coefficient (Wildman–Crippen LogP) is 1.87. The van der Waals surface area contributed by atoms with Crippen LogP contribution in [0.15, 0.2) is 0 Å². The molecule has 1 aliphatic heterocycles. The second kappa shape index (κ2) is 6.58. The van der Waals surface area contributed by atoms with Gasteiger partial charge in [-0.2, -0.15) is 0 Å². The minimum absolute atomic E-state index is 0.403. The Labute approximate surface area is 101 Å². The first-order valence-electron chi connectivity index (χ1n) is 6.58. The van der Waals surface area contributed by atoms with Gasteiger partial charge >= 0.3 is 0 Å². The Morgan fingerprint density at radius 3 is 2.25 bits per heavy atom. The number of nitrogens with one attached hydrogen (secondary N) is 1. The van der Waals surface area contributed by atoms with Gasteiger partial charge in [0.15, 0.2) is 0 Å². The van der Waals surface area contributed by atoms with E-state index in [0.717, 1.165) is 19.4 Å². The van der Waals surface area contributed by atoms with Gasteiger partial charge < -0.3 is 15.0 Å². The Balaban J connectivity index is 2.30. The van der Waals surface area contributed by atoms with E-state index in [0.29, 0.717) is 24.3 Å². The zero-order valence-electron chi connectivity index (χ0n) is 11.5. The summed E-state index contributed by atoms with van der Waals surface area (Å²) in [5.41, 5.74) is 0. The van der Waals surface area contributed by atoms with Gasteiger partial charge in [0, 0.05) is 18.6 Å². The maximum atomic E-state index is 5.75. The zero-order chi connectivity index (χ0) is 12.1. The van der Waals surface area contributed by atoms with E-state index in [-0.39, 0.29) is 0 Å². The van der Waals surface area contributed by atoms with Crippen LogP contribution in [0.1, 0.15) is 40.0 Å². The summed E-state index contributed by atoms with van der Waals surface area (Å²) < 4.78 is 5.75. The molecule has 96 valence electrons. The fraction of sp³-hybridized carbons (Fsp3) is 1.00. The van der Waals surface area contributed by atoms with Crippen molar-refractivity contribution in [1.29, 1.82) is 0 Å². The topological polar surface area (TPSA) is 24.5 Å². The molecule has 0 amide bonds. The smallest absolute Gasteiger partial charge is 0.0565 e. The highest BCUT2D eigenvalue weighted by Crippen LogP contribution is 2.19. The van der Waals surface area contributed by atoms with Gasteiger partial charge in [0.05, 0.1) is 12.2 Å². The fourth-order valence-electron chi connectivity index (χ4n) is 2.57. The molecule has 1 N–H and O–H groups in total. The maximum absolute atomic E-state index is 5.75. The molecule has 3 heteroatoms. The van der Waals surface area contributed by atoms with Gasteiger partial charge in [-0.05, 0) is 47.2 Å². The van der Waals surface area contributed by atoms with E-state index < -0.39 is 0 Å². The van der Waals surface area contributed by atoms with E-state index >= 15 is 0 Å². The highest BCUT2D eigenvalue weighted by Gasteiger charge is 2.24. The molecule has 0 spiro atoms.